The van der Waals surface area contributed by atoms with E-state index in [1.54, 1.807) is 0 Å². The average Bonchev–Trinajstić information content (AvgIpc) is 3.47. The summed E-state index contributed by atoms with van der Waals surface area (Å²) in [6.45, 7) is 8.44. The van der Waals surface area contributed by atoms with E-state index >= 15 is 0 Å². The van der Waals surface area contributed by atoms with E-state index in [-0.39, 0.29) is 0 Å². The van der Waals surface area contributed by atoms with Crippen molar-refractivity contribution in [2.45, 2.75) is 27.7 Å². The molecular formula is C28H26N4. The Labute approximate surface area is 188 Å². The summed E-state index contributed by atoms with van der Waals surface area (Å²) >= 11 is 0. The molecule has 2 N–H and O–H groups in total. The fraction of sp³-hybridized carbons (Fsp3) is 0.143. The molecule has 0 aliphatic rings. The lowest BCUT2D eigenvalue weighted by Gasteiger charge is -2.04. The first-order chi connectivity index (χ1) is 15.5. The number of aryl methyl sites for hydroxylation is 4. The molecule has 0 saturated carbocycles. The van der Waals surface area contributed by atoms with Crippen molar-refractivity contribution in [3.8, 4) is 45.3 Å². The zero-order chi connectivity index (χ0) is 22.2. The number of nitrogens with one attached hydrogen (secondary N) is 2. The van der Waals surface area contributed by atoms with Gasteiger partial charge in [-0.2, -0.15) is 0 Å². The highest BCUT2D eigenvalue weighted by atomic mass is 14.9. The summed E-state index contributed by atoms with van der Waals surface area (Å²) in [5.74, 6) is 1.78. The van der Waals surface area contributed by atoms with Crippen LogP contribution in [0, 0.1) is 27.7 Å². The van der Waals surface area contributed by atoms with Crippen LogP contribution in [0.2, 0.25) is 0 Å². The van der Waals surface area contributed by atoms with E-state index in [2.05, 4.69) is 98.3 Å². The van der Waals surface area contributed by atoms with Gasteiger partial charge in [0.2, 0.25) is 0 Å². The quantitative estimate of drug-likeness (QED) is 0.329. The first kappa shape index (κ1) is 20.0. The Morgan fingerprint density at radius 2 is 1.03 bits per heavy atom. The van der Waals surface area contributed by atoms with Gasteiger partial charge in [0.25, 0.3) is 0 Å². The number of imidazole rings is 2. The third kappa shape index (κ3) is 3.76. The maximum atomic E-state index is 4.88. The lowest BCUT2D eigenvalue weighted by atomic mass is 10.0. The minimum atomic E-state index is 0.892. The Morgan fingerprint density at radius 3 is 1.50 bits per heavy atom. The first-order valence-electron chi connectivity index (χ1n) is 10.8. The highest BCUT2D eigenvalue weighted by molar-refractivity contribution is 5.73. The van der Waals surface area contributed by atoms with Crippen molar-refractivity contribution in [3.63, 3.8) is 0 Å². The largest absolute Gasteiger partial charge is 0.344 e. The minimum Gasteiger partial charge on any atom is -0.344 e. The molecule has 32 heavy (non-hydrogen) atoms. The number of aromatic nitrogens is 4. The van der Waals surface area contributed by atoms with Gasteiger partial charge in [-0.05, 0) is 57.0 Å². The van der Waals surface area contributed by atoms with Gasteiger partial charge < -0.3 is 9.97 Å². The van der Waals surface area contributed by atoms with Gasteiger partial charge in [-0.1, -0.05) is 53.6 Å². The van der Waals surface area contributed by atoms with Crippen LogP contribution in [0.4, 0.5) is 0 Å². The Morgan fingerprint density at radius 1 is 0.562 bits per heavy atom. The Hall–Kier alpha value is -3.92. The Bertz CT molecular complexity index is 1320. The molecule has 0 atom stereocenters. The van der Waals surface area contributed by atoms with E-state index in [4.69, 9.17) is 9.97 Å². The molecule has 2 heterocycles. The van der Waals surface area contributed by atoms with Crippen LogP contribution in [0.1, 0.15) is 22.3 Å². The van der Waals surface area contributed by atoms with Crippen LogP contribution in [0.15, 0.2) is 73.1 Å². The summed E-state index contributed by atoms with van der Waals surface area (Å²) in [4.78, 5) is 16.5. The van der Waals surface area contributed by atoms with Crippen LogP contribution in [0.5, 0.6) is 0 Å². The van der Waals surface area contributed by atoms with E-state index < -0.39 is 0 Å². The van der Waals surface area contributed by atoms with Crippen molar-refractivity contribution in [2.24, 2.45) is 0 Å². The molecule has 0 radical (unpaired) electrons. The van der Waals surface area contributed by atoms with Crippen molar-refractivity contribution in [2.75, 3.05) is 0 Å². The monoisotopic (exact) mass is 418 g/mol. The second kappa shape index (κ2) is 7.97. The highest BCUT2D eigenvalue weighted by Crippen LogP contribution is 2.29. The summed E-state index contributed by atoms with van der Waals surface area (Å²) in [6, 6.07) is 21.3. The second-order valence-electron chi connectivity index (χ2n) is 8.49. The Balaban J connectivity index is 1.48. The van der Waals surface area contributed by atoms with Gasteiger partial charge in [-0.15, -0.1) is 0 Å². The molecule has 0 bridgehead atoms. The van der Waals surface area contributed by atoms with Gasteiger partial charge in [0.05, 0.1) is 11.4 Å². The third-order valence-corrected chi connectivity index (χ3v) is 5.91. The van der Waals surface area contributed by atoms with Gasteiger partial charge in [0.15, 0.2) is 0 Å². The summed E-state index contributed by atoms with van der Waals surface area (Å²) < 4.78 is 0. The topological polar surface area (TPSA) is 57.4 Å². The molecule has 158 valence electrons. The van der Waals surface area contributed by atoms with Crippen LogP contribution in [-0.2, 0) is 0 Å². The minimum absolute atomic E-state index is 0.892. The first-order valence-corrected chi connectivity index (χ1v) is 10.8. The van der Waals surface area contributed by atoms with Gasteiger partial charge in [-0.25, -0.2) is 9.97 Å². The van der Waals surface area contributed by atoms with Crippen molar-refractivity contribution < 1.29 is 0 Å². The molecule has 0 amide bonds. The van der Waals surface area contributed by atoms with Gasteiger partial charge in [0, 0.05) is 34.6 Å². The summed E-state index contributed by atoms with van der Waals surface area (Å²) in [6.07, 6.45) is 3.95. The highest BCUT2D eigenvalue weighted by Gasteiger charge is 2.12. The van der Waals surface area contributed by atoms with Crippen LogP contribution >= 0.6 is 0 Å². The zero-order valence-corrected chi connectivity index (χ0v) is 18.8. The lowest BCUT2D eigenvalue weighted by Crippen LogP contribution is -1.88. The standard InChI is InChI=1S/C28H26N4/c1-17-8-10-19(3)23(12-17)27-29-15-25(31-27)21-6-5-7-22(14-21)26-16-30-28(32-26)24-13-18(2)9-11-20(24)4/h5-16H,1-4H3,(H,29,31)(H,30,32). The van der Waals surface area contributed by atoms with E-state index in [0.29, 0.717) is 0 Å². The molecule has 2 aromatic heterocycles. The summed E-state index contributed by atoms with van der Waals surface area (Å²) in [5.41, 5.74) is 11.1. The van der Waals surface area contributed by atoms with Crippen molar-refractivity contribution in [1.82, 2.24) is 19.9 Å². The van der Waals surface area contributed by atoms with E-state index in [1.807, 2.05) is 12.4 Å². The maximum absolute atomic E-state index is 4.88. The SMILES string of the molecule is Cc1ccc(C)c(-c2nc(-c3cccc(-c4c[nH]c(-c5cc(C)ccc5C)n4)c3)c[nH]2)c1. The van der Waals surface area contributed by atoms with Gasteiger partial charge >= 0.3 is 0 Å². The molecule has 4 nitrogen and oxygen atoms in total. The summed E-state index contributed by atoms with van der Waals surface area (Å²) in [7, 11) is 0. The molecule has 5 rings (SSSR count). The molecule has 0 aliphatic heterocycles. The molecule has 0 spiro atoms. The fourth-order valence-electron chi connectivity index (χ4n) is 4.03. The fourth-order valence-corrected chi connectivity index (χ4v) is 4.03. The zero-order valence-electron chi connectivity index (χ0n) is 18.8. The van der Waals surface area contributed by atoms with E-state index in [0.717, 1.165) is 45.3 Å². The summed E-state index contributed by atoms with van der Waals surface area (Å²) in [5, 5.41) is 0. The molecule has 0 saturated heterocycles. The van der Waals surface area contributed by atoms with Crippen LogP contribution < -0.4 is 0 Å². The molecule has 5 aromatic rings. The van der Waals surface area contributed by atoms with Crippen molar-refractivity contribution in [3.05, 3.63) is 95.3 Å². The van der Waals surface area contributed by atoms with Crippen molar-refractivity contribution in [1.29, 1.82) is 0 Å². The maximum Gasteiger partial charge on any atom is 0.138 e. The molecule has 0 aliphatic carbocycles. The molecule has 4 heteroatoms. The normalized spacial score (nSPS) is 11.1. The second-order valence-corrected chi connectivity index (χ2v) is 8.49. The number of hydrogen-bond acceptors (Lipinski definition) is 2. The number of H-pyrrole nitrogens is 2. The van der Waals surface area contributed by atoms with Gasteiger partial charge in [0.1, 0.15) is 11.6 Å². The molecule has 0 unspecified atom stereocenters. The third-order valence-electron chi connectivity index (χ3n) is 5.91. The van der Waals surface area contributed by atoms with E-state index in [1.165, 1.54) is 22.3 Å². The number of hydrogen-bond donors (Lipinski definition) is 2. The average molecular weight is 419 g/mol. The Kier molecular flexibility index (Phi) is 4.98. The molecule has 0 fully saturated rings. The number of rotatable bonds is 4. The van der Waals surface area contributed by atoms with Crippen LogP contribution in [0.3, 0.4) is 0 Å². The van der Waals surface area contributed by atoms with E-state index in [9.17, 15) is 0 Å². The smallest absolute Gasteiger partial charge is 0.138 e. The lowest BCUT2D eigenvalue weighted by molar-refractivity contribution is 1.27. The van der Waals surface area contributed by atoms with Gasteiger partial charge in [-0.3, -0.25) is 0 Å². The number of aromatic amines is 2. The molecular weight excluding hydrogens is 392 g/mol. The van der Waals surface area contributed by atoms with Crippen LogP contribution in [0.25, 0.3) is 45.3 Å². The predicted octanol–water partition coefficient (Wildman–Crippen LogP) is 7.03. The predicted molar refractivity (Wildman–Crippen MR) is 131 cm³/mol. The van der Waals surface area contributed by atoms with Crippen molar-refractivity contribution >= 4 is 0 Å². The molecule has 3 aromatic carbocycles. The number of benzene rings is 3. The van der Waals surface area contributed by atoms with Crippen LogP contribution in [-0.4, -0.2) is 19.9 Å². The number of nitrogens with zero attached hydrogens (tertiary/aromatic N) is 2.